The van der Waals surface area contributed by atoms with E-state index in [-0.39, 0.29) is 11.3 Å². The molecular weight excluding hydrogens is 294 g/mol. The summed E-state index contributed by atoms with van der Waals surface area (Å²) in [6, 6.07) is 13.4. The minimum absolute atomic E-state index is 0.129. The molecule has 0 saturated carbocycles. The first-order valence-electron chi connectivity index (χ1n) is 7.19. The fourth-order valence-electron chi connectivity index (χ4n) is 2.04. The van der Waals surface area contributed by atoms with Crippen molar-refractivity contribution < 1.29 is 9.72 Å². The van der Waals surface area contributed by atoms with Crippen LogP contribution >= 0.6 is 0 Å². The van der Waals surface area contributed by atoms with Gasteiger partial charge in [-0.2, -0.15) is 5.10 Å². The molecule has 0 saturated heterocycles. The van der Waals surface area contributed by atoms with Crippen molar-refractivity contribution in [3.05, 3.63) is 75.3 Å². The summed E-state index contributed by atoms with van der Waals surface area (Å²) < 4.78 is 0. The van der Waals surface area contributed by atoms with Crippen LogP contribution in [0.3, 0.4) is 0 Å². The van der Waals surface area contributed by atoms with E-state index in [0.717, 1.165) is 16.8 Å². The van der Waals surface area contributed by atoms with Gasteiger partial charge in [-0.25, -0.2) is 5.43 Å². The summed E-state index contributed by atoms with van der Waals surface area (Å²) in [6.45, 7) is 3.94. The molecule has 2 rings (SSSR count). The Bertz CT molecular complexity index is 752. The fraction of sp³-hybridized carbons (Fsp3) is 0.176. The number of non-ortho nitro benzene ring substituents is 1. The second kappa shape index (κ2) is 7.31. The van der Waals surface area contributed by atoms with E-state index in [9.17, 15) is 14.9 Å². The molecule has 23 heavy (non-hydrogen) atoms. The summed E-state index contributed by atoms with van der Waals surface area (Å²) in [6.07, 6.45) is 0.651. The molecule has 2 aromatic carbocycles. The van der Waals surface area contributed by atoms with Crippen molar-refractivity contribution in [1.82, 2.24) is 5.43 Å². The zero-order chi connectivity index (χ0) is 16.8. The van der Waals surface area contributed by atoms with Crippen molar-refractivity contribution >= 4 is 17.3 Å². The van der Waals surface area contributed by atoms with Crippen molar-refractivity contribution in [1.29, 1.82) is 0 Å². The van der Waals surface area contributed by atoms with Gasteiger partial charge in [0.05, 0.1) is 10.6 Å². The van der Waals surface area contributed by atoms with Crippen LogP contribution in [0, 0.1) is 17.0 Å². The van der Waals surface area contributed by atoms with Crippen molar-refractivity contribution in [2.75, 3.05) is 0 Å². The first-order valence-corrected chi connectivity index (χ1v) is 7.19. The molecule has 118 valence electrons. The predicted molar refractivity (Wildman–Crippen MR) is 88.6 cm³/mol. The maximum atomic E-state index is 12.1. The number of aryl methyl sites for hydroxylation is 1. The van der Waals surface area contributed by atoms with E-state index in [2.05, 4.69) is 10.5 Å². The second-order valence-electron chi connectivity index (χ2n) is 5.03. The molecule has 6 heteroatoms. The molecule has 0 spiro atoms. The van der Waals surface area contributed by atoms with Gasteiger partial charge < -0.3 is 0 Å². The normalized spacial score (nSPS) is 11.1. The van der Waals surface area contributed by atoms with Crippen LogP contribution in [0.25, 0.3) is 0 Å². The van der Waals surface area contributed by atoms with Gasteiger partial charge in [-0.15, -0.1) is 0 Å². The van der Waals surface area contributed by atoms with Crippen molar-refractivity contribution in [2.45, 2.75) is 20.3 Å². The zero-order valence-electron chi connectivity index (χ0n) is 12.9. The Hall–Kier alpha value is -3.02. The molecule has 0 aliphatic heterocycles. The van der Waals surface area contributed by atoms with E-state index < -0.39 is 10.8 Å². The molecule has 6 nitrogen and oxygen atoms in total. The van der Waals surface area contributed by atoms with Crippen LogP contribution < -0.4 is 5.43 Å². The Labute approximate surface area is 134 Å². The van der Waals surface area contributed by atoms with Gasteiger partial charge in [0, 0.05) is 17.7 Å². The van der Waals surface area contributed by atoms with Crippen molar-refractivity contribution in [3.8, 4) is 0 Å². The number of nitro groups is 1. The number of rotatable bonds is 5. The summed E-state index contributed by atoms with van der Waals surface area (Å²) in [5.41, 5.74) is 5.33. The lowest BCUT2D eigenvalue weighted by Crippen LogP contribution is -2.20. The third-order valence-corrected chi connectivity index (χ3v) is 3.33. The lowest BCUT2D eigenvalue weighted by atomic mass is 10.1. The third kappa shape index (κ3) is 4.23. The molecule has 1 N–H and O–H groups in total. The van der Waals surface area contributed by atoms with E-state index in [0.29, 0.717) is 6.42 Å². The second-order valence-corrected chi connectivity index (χ2v) is 5.03. The molecule has 0 aromatic heterocycles. The third-order valence-electron chi connectivity index (χ3n) is 3.33. The van der Waals surface area contributed by atoms with Crippen LogP contribution in [0.1, 0.15) is 34.8 Å². The molecule has 0 bridgehead atoms. The first-order chi connectivity index (χ1) is 11.0. The number of carbonyl (C=O) groups excluding carboxylic acids is 1. The predicted octanol–water partition coefficient (Wildman–Crippen LogP) is 3.45. The van der Waals surface area contributed by atoms with Gasteiger partial charge >= 0.3 is 0 Å². The van der Waals surface area contributed by atoms with E-state index in [1.807, 2.05) is 38.1 Å². The molecular formula is C17H17N3O3. The van der Waals surface area contributed by atoms with E-state index in [4.69, 9.17) is 0 Å². The number of nitrogens with one attached hydrogen (secondary N) is 1. The van der Waals surface area contributed by atoms with Gasteiger partial charge in [0.2, 0.25) is 0 Å². The number of carbonyl (C=O) groups is 1. The Balaban J connectivity index is 2.16. The van der Waals surface area contributed by atoms with Crippen LogP contribution in [-0.2, 0) is 0 Å². The molecule has 1 amide bonds. The fourth-order valence-corrected chi connectivity index (χ4v) is 2.04. The molecule has 0 heterocycles. The minimum atomic E-state index is -0.538. The van der Waals surface area contributed by atoms with Gasteiger partial charge in [0.1, 0.15) is 0 Å². The van der Waals surface area contributed by atoms with Crippen LogP contribution in [0.15, 0.2) is 53.6 Å². The summed E-state index contributed by atoms with van der Waals surface area (Å²) >= 11 is 0. The number of amides is 1. The number of hydrogen-bond donors (Lipinski definition) is 1. The highest BCUT2D eigenvalue weighted by atomic mass is 16.6. The van der Waals surface area contributed by atoms with Crippen molar-refractivity contribution in [2.24, 2.45) is 5.10 Å². The quantitative estimate of drug-likeness (QED) is 0.521. The topological polar surface area (TPSA) is 84.6 Å². The SMILES string of the molecule is CC/C(=N/NC(=O)c1cccc([N+](=O)[O-])c1)c1ccc(C)cc1. The number of nitrogens with zero attached hydrogens (tertiary/aromatic N) is 2. The number of nitro benzene ring substituents is 1. The smallest absolute Gasteiger partial charge is 0.267 e. The summed E-state index contributed by atoms with van der Waals surface area (Å²) in [4.78, 5) is 22.3. The standard InChI is InChI=1S/C17H17N3O3/c1-3-16(13-9-7-12(2)8-10-13)18-19-17(21)14-5-4-6-15(11-14)20(22)23/h4-11H,3H2,1-2H3,(H,19,21)/b18-16-. The number of benzene rings is 2. The Morgan fingerprint density at radius 2 is 1.87 bits per heavy atom. The maximum Gasteiger partial charge on any atom is 0.271 e. The highest BCUT2D eigenvalue weighted by molar-refractivity contribution is 6.02. The van der Waals surface area contributed by atoms with E-state index in [1.165, 1.54) is 24.3 Å². The molecule has 0 atom stereocenters. The molecule has 0 unspecified atom stereocenters. The molecule has 2 aromatic rings. The lowest BCUT2D eigenvalue weighted by Gasteiger charge is -2.06. The Morgan fingerprint density at radius 1 is 1.17 bits per heavy atom. The Morgan fingerprint density at radius 3 is 2.48 bits per heavy atom. The number of hydrogen-bond acceptors (Lipinski definition) is 4. The summed E-state index contributed by atoms with van der Waals surface area (Å²) in [5.74, 6) is -0.480. The molecule has 0 aliphatic carbocycles. The van der Waals surface area contributed by atoms with E-state index in [1.54, 1.807) is 0 Å². The minimum Gasteiger partial charge on any atom is -0.267 e. The van der Waals surface area contributed by atoms with Crippen LogP contribution in [0.5, 0.6) is 0 Å². The van der Waals surface area contributed by atoms with Gasteiger partial charge in [0.15, 0.2) is 0 Å². The number of hydrazone groups is 1. The van der Waals surface area contributed by atoms with Gasteiger partial charge in [-0.1, -0.05) is 42.8 Å². The van der Waals surface area contributed by atoms with Crippen LogP contribution in [-0.4, -0.2) is 16.5 Å². The van der Waals surface area contributed by atoms with E-state index >= 15 is 0 Å². The molecule has 0 radical (unpaired) electrons. The average molecular weight is 311 g/mol. The molecule has 0 fully saturated rings. The molecule has 0 aliphatic rings. The van der Waals surface area contributed by atoms with Crippen LogP contribution in [0.4, 0.5) is 5.69 Å². The summed E-state index contributed by atoms with van der Waals surface area (Å²) in [7, 11) is 0. The highest BCUT2D eigenvalue weighted by Gasteiger charge is 2.11. The van der Waals surface area contributed by atoms with Crippen molar-refractivity contribution in [3.63, 3.8) is 0 Å². The van der Waals surface area contributed by atoms with Crippen LogP contribution in [0.2, 0.25) is 0 Å². The van der Waals surface area contributed by atoms with Gasteiger partial charge in [-0.3, -0.25) is 14.9 Å². The lowest BCUT2D eigenvalue weighted by molar-refractivity contribution is -0.384. The maximum absolute atomic E-state index is 12.1. The van der Waals surface area contributed by atoms with Gasteiger partial charge in [-0.05, 0) is 25.0 Å². The highest BCUT2D eigenvalue weighted by Crippen LogP contribution is 2.13. The Kier molecular flexibility index (Phi) is 5.19. The largest absolute Gasteiger partial charge is 0.271 e. The zero-order valence-corrected chi connectivity index (χ0v) is 12.9. The van der Waals surface area contributed by atoms with Gasteiger partial charge in [0.25, 0.3) is 11.6 Å². The summed E-state index contributed by atoms with van der Waals surface area (Å²) in [5, 5.41) is 14.9. The first kappa shape index (κ1) is 16.4. The average Bonchev–Trinajstić information content (AvgIpc) is 2.56. The monoisotopic (exact) mass is 311 g/mol.